The predicted octanol–water partition coefficient (Wildman–Crippen LogP) is 2.90. The van der Waals surface area contributed by atoms with E-state index >= 15 is 0 Å². The van der Waals surface area contributed by atoms with Gasteiger partial charge in [0.15, 0.2) is 16.4 Å². The number of carbonyl (C=O) groups excluding carboxylic acids is 2. The second kappa shape index (κ2) is 9.57. The molecule has 0 aromatic heterocycles. The molecule has 1 atom stereocenters. The SMILES string of the molecule is Cc1ccc(/C=C/C(=O)OCC(=O)N(C2CCCCC2)C2CCS(=O)(=O)C2)cc1. The second-order valence-electron chi connectivity index (χ2n) is 8.00. The fourth-order valence-electron chi connectivity index (χ4n) is 4.16. The van der Waals surface area contributed by atoms with Gasteiger partial charge in [0.1, 0.15) is 0 Å². The summed E-state index contributed by atoms with van der Waals surface area (Å²) in [5.74, 6) is -0.748. The Morgan fingerprint density at radius 3 is 2.38 bits per heavy atom. The average molecular weight is 420 g/mol. The Hall–Kier alpha value is -2.15. The molecule has 6 nitrogen and oxygen atoms in total. The summed E-state index contributed by atoms with van der Waals surface area (Å²) in [6.45, 7) is 1.63. The largest absolute Gasteiger partial charge is 0.452 e. The normalized spacial score (nSPS) is 21.9. The molecule has 1 aromatic carbocycles. The summed E-state index contributed by atoms with van der Waals surface area (Å²) in [4.78, 5) is 26.6. The number of aryl methyl sites for hydroxylation is 1. The molecule has 0 N–H and O–H groups in total. The number of hydrogen-bond donors (Lipinski definition) is 0. The molecule has 3 rings (SSSR count). The van der Waals surface area contributed by atoms with Crippen LogP contribution in [0.5, 0.6) is 0 Å². The predicted molar refractivity (Wildman–Crippen MR) is 112 cm³/mol. The summed E-state index contributed by atoms with van der Waals surface area (Å²) in [7, 11) is -3.10. The number of hydrogen-bond acceptors (Lipinski definition) is 5. The Bertz CT molecular complexity index is 854. The first-order chi connectivity index (χ1) is 13.8. The summed E-state index contributed by atoms with van der Waals surface area (Å²) in [6.07, 6.45) is 8.39. The molecule has 0 spiro atoms. The molecule has 158 valence electrons. The van der Waals surface area contributed by atoms with E-state index in [4.69, 9.17) is 4.74 Å². The number of ether oxygens (including phenoxy) is 1. The molecule has 7 heteroatoms. The number of amides is 1. The molecule has 2 fully saturated rings. The van der Waals surface area contributed by atoms with Crippen molar-refractivity contribution >= 4 is 27.8 Å². The van der Waals surface area contributed by atoms with Crippen molar-refractivity contribution in [3.8, 4) is 0 Å². The Labute approximate surface area is 172 Å². The van der Waals surface area contributed by atoms with E-state index in [1.807, 2.05) is 31.2 Å². The Kier molecular flexibility index (Phi) is 7.11. The molecule has 0 radical (unpaired) electrons. The van der Waals surface area contributed by atoms with Crippen molar-refractivity contribution in [3.63, 3.8) is 0 Å². The Morgan fingerprint density at radius 1 is 1.07 bits per heavy atom. The van der Waals surface area contributed by atoms with Crippen LogP contribution in [0.2, 0.25) is 0 Å². The van der Waals surface area contributed by atoms with Crippen LogP contribution in [0.4, 0.5) is 0 Å². The van der Waals surface area contributed by atoms with Gasteiger partial charge in [-0.1, -0.05) is 49.1 Å². The van der Waals surface area contributed by atoms with Crippen molar-refractivity contribution in [2.45, 2.75) is 57.5 Å². The summed E-state index contributed by atoms with van der Waals surface area (Å²) in [5.41, 5.74) is 2.01. The van der Waals surface area contributed by atoms with Gasteiger partial charge < -0.3 is 9.64 Å². The maximum Gasteiger partial charge on any atom is 0.331 e. The molecule has 1 heterocycles. The Balaban J connectivity index is 1.60. The monoisotopic (exact) mass is 419 g/mol. The molecular weight excluding hydrogens is 390 g/mol. The molecule has 1 amide bonds. The van der Waals surface area contributed by atoms with Gasteiger partial charge in [-0.25, -0.2) is 13.2 Å². The molecule has 1 aliphatic heterocycles. The van der Waals surface area contributed by atoms with E-state index in [2.05, 4.69) is 0 Å². The van der Waals surface area contributed by atoms with E-state index in [0.29, 0.717) is 6.42 Å². The van der Waals surface area contributed by atoms with Crippen LogP contribution in [0.15, 0.2) is 30.3 Å². The minimum absolute atomic E-state index is 0.0104. The molecule has 1 aliphatic carbocycles. The smallest absolute Gasteiger partial charge is 0.331 e. The van der Waals surface area contributed by atoms with Gasteiger partial charge in [-0.05, 0) is 37.8 Å². The third-order valence-corrected chi connectivity index (χ3v) is 7.44. The minimum Gasteiger partial charge on any atom is -0.452 e. The first-order valence-electron chi connectivity index (χ1n) is 10.3. The highest BCUT2D eigenvalue weighted by molar-refractivity contribution is 7.91. The highest BCUT2D eigenvalue weighted by Crippen LogP contribution is 2.28. The van der Waals surface area contributed by atoms with Crippen LogP contribution in [0.3, 0.4) is 0 Å². The second-order valence-corrected chi connectivity index (χ2v) is 10.2. The topological polar surface area (TPSA) is 80.8 Å². The van der Waals surface area contributed by atoms with E-state index in [1.54, 1.807) is 11.0 Å². The van der Waals surface area contributed by atoms with Crippen LogP contribution < -0.4 is 0 Å². The fraction of sp³-hybridized carbons (Fsp3) is 0.545. The average Bonchev–Trinajstić information content (AvgIpc) is 3.06. The zero-order valence-electron chi connectivity index (χ0n) is 16.9. The highest BCUT2D eigenvalue weighted by atomic mass is 32.2. The lowest BCUT2D eigenvalue weighted by molar-refractivity contribution is -0.151. The first kappa shape index (κ1) is 21.6. The molecule has 1 unspecified atom stereocenters. The van der Waals surface area contributed by atoms with Gasteiger partial charge in [0.05, 0.1) is 11.5 Å². The lowest BCUT2D eigenvalue weighted by Crippen LogP contribution is -2.50. The highest BCUT2D eigenvalue weighted by Gasteiger charge is 2.38. The van der Waals surface area contributed by atoms with Crippen LogP contribution >= 0.6 is 0 Å². The van der Waals surface area contributed by atoms with Crippen LogP contribution in [0.1, 0.15) is 49.7 Å². The molecule has 1 saturated carbocycles. The van der Waals surface area contributed by atoms with Crippen LogP contribution in [0, 0.1) is 6.92 Å². The number of rotatable bonds is 6. The van der Waals surface area contributed by atoms with E-state index in [0.717, 1.165) is 43.2 Å². The van der Waals surface area contributed by atoms with Crippen molar-refractivity contribution in [2.75, 3.05) is 18.1 Å². The maximum absolute atomic E-state index is 12.9. The molecule has 0 bridgehead atoms. The van der Waals surface area contributed by atoms with Crippen molar-refractivity contribution in [1.29, 1.82) is 0 Å². The van der Waals surface area contributed by atoms with Crippen molar-refractivity contribution in [2.24, 2.45) is 0 Å². The molecule has 29 heavy (non-hydrogen) atoms. The van der Waals surface area contributed by atoms with Crippen molar-refractivity contribution < 1.29 is 22.7 Å². The molecule has 1 saturated heterocycles. The maximum atomic E-state index is 12.9. The van der Waals surface area contributed by atoms with Crippen LogP contribution in [0.25, 0.3) is 6.08 Å². The van der Waals surface area contributed by atoms with Gasteiger partial charge >= 0.3 is 5.97 Å². The standard InChI is InChI=1S/C22H29NO5S/c1-17-7-9-18(10-8-17)11-12-22(25)28-15-21(24)23(19-5-3-2-4-6-19)20-13-14-29(26,27)16-20/h7-12,19-20H,2-6,13-16H2,1H3/b12-11+. The number of sulfone groups is 1. The third-order valence-electron chi connectivity index (χ3n) is 5.68. The zero-order chi connectivity index (χ0) is 20.9. The Morgan fingerprint density at radius 2 is 1.76 bits per heavy atom. The lowest BCUT2D eigenvalue weighted by atomic mass is 9.93. The van der Waals surface area contributed by atoms with Gasteiger partial charge in [-0.3, -0.25) is 4.79 Å². The van der Waals surface area contributed by atoms with Crippen molar-refractivity contribution in [3.05, 3.63) is 41.5 Å². The van der Waals surface area contributed by atoms with E-state index < -0.39 is 15.8 Å². The van der Waals surface area contributed by atoms with Gasteiger partial charge in [0.25, 0.3) is 5.91 Å². The number of nitrogens with zero attached hydrogens (tertiary/aromatic N) is 1. The fourth-order valence-corrected chi connectivity index (χ4v) is 5.87. The van der Waals surface area contributed by atoms with E-state index in [-0.39, 0.29) is 36.1 Å². The lowest BCUT2D eigenvalue weighted by Gasteiger charge is -2.38. The number of benzene rings is 1. The number of esters is 1. The van der Waals surface area contributed by atoms with Gasteiger partial charge in [-0.2, -0.15) is 0 Å². The molecule has 2 aliphatic rings. The zero-order valence-corrected chi connectivity index (χ0v) is 17.7. The third kappa shape index (κ3) is 6.16. The van der Waals surface area contributed by atoms with E-state index in [1.165, 1.54) is 6.08 Å². The summed E-state index contributed by atoms with van der Waals surface area (Å²) >= 11 is 0. The van der Waals surface area contributed by atoms with Gasteiger partial charge in [0, 0.05) is 18.2 Å². The van der Waals surface area contributed by atoms with E-state index in [9.17, 15) is 18.0 Å². The molecular formula is C22H29NO5S. The van der Waals surface area contributed by atoms with Crippen LogP contribution in [-0.2, 0) is 24.2 Å². The summed E-state index contributed by atoms with van der Waals surface area (Å²) in [6, 6.07) is 7.43. The van der Waals surface area contributed by atoms with Gasteiger partial charge in [-0.15, -0.1) is 0 Å². The summed E-state index contributed by atoms with van der Waals surface area (Å²) < 4.78 is 29.0. The first-order valence-corrected chi connectivity index (χ1v) is 12.1. The van der Waals surface area contributed by atoms with Crippen molar-refractivity contribution in [1.82, 2.24) is 4.90 Å². The summed E-state index contributed by atoms with van der Waals surface area (Å²) in [5, 5.41) is 0. The van der Waals surface area contributed by atoms with Gasteiger partial charge in [0.2, 0.25) is 0 Å². The van der Waals surface area contributed by atoms with Crippen LogP contribution in [-0.4, -0.2) is 55.4 Å². The molecule has 1 aromatic rings. The minimum atomic E-state index is -3.10. The number of carbonyl (C=O) groups is 2. The quantitative estimate of drug-likeness (QED) is 0.523.